The zero-order chi connectivity index (χ0) is 20.0. The second-order valence-electron chi connectivity index (χ2n) is 7.41. The highest BCUT2D eigenvalue weighted by Gasteiger charge is 2.53. The van der Waals surface area contributed by atoms with Crippen LogP contribution in [0.2, 0.25) is 0 Å². The lowest BCUT2D eigenvalue weighted by Gasteiger charge is -2.22. The first kappa shape index (κ1) is 17.5. The Morgan fingerprint density at radius 1 is 1.21 bits per heavy atom. The van der Waals surface area contributed by atoms with Crippen LogP contribution in [0.25, 0.3) is 0 Å². The zero-order valence-corrected chi connectivity index (χ0v) is 15.8. The van der Waals surface area contributed by atoms with Gasteiger partial charge in [0.2, 0.25) is 0 Å². The third kappa shape index (κ3) is 3.14. The number of fused-ring (bicyclic) bond motifs is 3. The van der Waals surface area contributed by atoms with E-state index in [0.29, 0.717) is 12.4 Å². The molecule has 1 aliphatic heterocycles. The Hall–Kier alpha value is -3.62. The fraction of sp³-hybridized carbons (Fsp3) is 0.300. The van der Waals surface area contributed by atoms with Crippen LogP contribution in [0.5, 0.6) is 0 Å². The van der Waals surface area contributed by atoms with E-state index in [1.54, 1.807) is 30.3 Å². The van der Waals surface area contributed by atoms with Crippen LogP contribution in [-0.4, -0.2) is 49.9 Å². The monoisotopic (exact) mass is 389 g/mol. The molecule has 1 aliphatic carbocycles. The molecule has 3 heterocycles. The maximum absolute atomic E-state index is 13.0. The maximum atomic E-state index is 13.0. The summed E-state index contributed by atoms with van der Waals surface area (Å²) in [5.41, 5.74) is 2.06. The molecule has 1 aromatic carbocycles. The van der Waals surface area contributed by atoms with Crippen molar-refractivity contribution in [3.63, 3.8) is 0 Å². The Labute approximate surface area is 166 Å². The number of rotatable bonds is 4. The van der Waals surface area contributed by atoms with Gasteiger partial charge in [-0.1, -0.05) is 35.5 Å². The minimum atomic E-state index is -0.632. The standard InChI is InChI=1S/C20H19N7O2/c1-26-18-16(21-7-8-22-18)13-9-14(13)17(20(26)29)23-19(28)15-11-27(25-24-15)10-12-5-3-2-4-6-12/h2-8,11,13-14,17H,9-10H2,1H3,(H,23,28)/t13?,14-,17?/m0/s1. The van der Waals surface area contributed by atoms with Crippen LogP contribution in [-0.2, 0) is 11.3 Å². The van der Waals surface area contributed by atoms with Crippen LogP contribution in [0.3, 0.4) is 0 Å². The number of hydrogen-bond donors (Lipinski definition) is 1. The highest BCUT2D eigenvalue weighted by molar-refractivity contribution is 6.02. The molecule has 0 radical (unpaired) electrons. The summed E-state index contributed by atoms with van der Waals surface area (Å²) in [6, 6.07) is 9.17. The van der Waals surface area contributed by atoms with Gasteiger partial charge in [-0.05, 0) is 17.9 Å². The van der Waals surface area contributed by atoms with Crippen LogP contribution in [0.15, 0.2) is 48.9 Å². The van der Waals surface area contributed by atoms with Crippen molar-refractivity contribution in [3.05, 3.63) is 65.9 Å². The Morgan fingerprint density at radius 2 is 2.00 bits per heavy atom. The van der Waals surface area contributed by atoms with E-state index in [1.807, 2.05) is 30.3 Å². The number of nitrogens with one attached hydrogen (secondary N) is 1. The summed E-state index contributed by atoms with van der Waals surface area (Å²) >= 11 is 0. The van der Waals surface area contributed by atoms with E-state index < -0.39 is 11.9 Å². The summed E-state index contributed by atoms with van der Waals surface area (Å²) in [7, 11) is 1.66. The lowest BCUT2D eigenvalue weighted by molar-refractivity contribution is -0.120. The van der Waals surface area contributed by atoms with Crippen molar-refractivity contribution in [2.45, 2.75) is 24.9 Å². The molecule has 9 nitrogen and oxygen atoms in total. The molecule has 5 rings (SSSR count). The molecule has 3 atom stereocenters. The van der Waals surface area contributed by atoms with Crippen LogP contribution >= 0.6 is 0 Å². The number of aromatic nitrogens is 5. The molecule has 1 fully saturated rings. The number of hydrogen-bond acceptors (Lipinski definition) is 6. The van der Waals surface area contributed by atoms with Crippen molar-refractivity contribution in [1.29, 1.82) is 0 Å². The molecule has 1 N–H and O–H groups in total. The van der Waals surface area contributed by atoms with E-state index in [0.717, 1.165) is 17.7 Å². The van der Waals surface area contributed by atoms with Gasteiger partial charge in [-0.15, -0.1) is 5.10 Å². The molecule has 1 saturated carbocycles. The summed E-state index contributed by atoms with van der Waals surface area (Å²) < 4.78 is 1.61. The van der Waals surface area contributed by atoms with E-state index in [1.165, 1.54) is 4.90 Å². The topological polar surface area (TPSA) is 106 Å². The van der Waals surface area contributed by atoms with Gasteiger partial charge in [0.25, 0.3) is 11.8 Å². The summed E-state index contributed by atoms with van der Waals surface area (Å²) in [5, 5.41) is 10.9. The van der Waals surface area contributed by atoms with Crippen LogP contribution in [0.4, 0.5) is 5.82 Å². The second-order valence-corrected chi connectivity index (χ2v) is 7.41. The van der Waals surface area contributed by atoms with Gasteiger partial charge in [0.1, 0.15) is 6.04 Å². The van der Waals surface area contributed by atoms with E-state index in [9.17, 15) is 9.59 Å². The first-order valence-electron chi connectivity index (χ1n) is 9.45. The average Bonchev–Trinajstić information content (AvgIpc) is 3.41. The summed E-state index contributed by atoms with van der Waals surface area (Å²) in [6.45, 7) is 0.517. The second kappa shape index (κ2) is 6.77. The Bertz CT molecular complexity index is 1080. The minimum Gasteiger partial charge on any atom is -0.338 e. The lowest BCUT2D eigenvalue weighted by atomic mass is 10.1. The number of carbonyl (C=O) groups excluding carboxylic acids is 2. The van der Waals surface area contributed by atoms with Crippen LogP contribution < -0.4 is 10.2 Å². The average molecular weight is 389 g/mol. The molecule has 0 spiro atoms. The molecule has 2 amide bonds. The Kier molecular flexibility index (Phi) is 4.08. The quantitative estimate of drug-likeness (QED) is 0.713. The van der Waals surface area contributed by atoms with Gasteiger partial charge in [0.15, 0.2) is 11.5 Å². The van der Waals surface area contributed by atoms with E-state index in [4.69, 9.17) is 0 Å². The molecule has 2 aromatic heterocycles. The zero-order valence-electron chi connectivity index (χ0n) is 15.8. The lowest BCUT2D eigenvalue weighted by Crippen LogP contribution is -2.48. The highest BCUT2D eigenvalue weighted by atomic mass is 16.2. The number of anilines is 1. The van der Waals surface area contributed by atoms with Crippen molar-refractivity contribution >= 4 is 17.6 Å². The summed E-state index contributed by atoms with van der Waals surface area (Å²) in [4.78, 5) is 35.9. The molecule has 146 valence electrons. The molecule has 3 aromatic rings. The Balaban J connectivity index is 1.32. The molecule has 29 heavy (non-hydrogen) atoms. The van der Waals surface area contributed by atoms with Gasteiger partial charge in [-0.3, -0.25) is 19.5 Å². The van der Waals surface area contributed by atoms with Crippen molar-refractivity contribution in [2.24, 2.45) is 5.92 Å². The van der Waals surface area contributed by atoms with E-state index in [-0.39, 0.29) is 23.4 Å². The molecule has 0 bridgehead atoms. The third-order valence-corrected chi connectivity index (χ3v) is 5.48. The minimum absolute atomic E-state index is 0.0196. The van der Waals surface area contributed by atoms with Crippen molar-refractivity contribution in [2.75, 3.05) is 11.9 Å². The van der Waals surface area contributed by atoms with E-state index >= 15 is 0 Å². The largest absolute Gasteiger partial charge is 0.338 e. The fourth-order valence-corrected chi connectivity index (χ4v) is 3.89. The number of benzene rings is 1. The van der Waals surface area contributed by atoms with Crippen LogP contribution in [0.1, 0.15) is 34.1 Å². The molecule has 0 saturated heterocycles. The first-order valence-corrected chi connectivity index (χ1v) is 9.45. The van der Waals surface area contributed by atoms with Crippen molar-refractivity contribution in [1.82, 2.24) is 30.3 Å². The van der Waals surface area contributed by atoms with E-state index in [2.05, 4.69) is 25.6 Å². The summed E-state index contributed by atoms with van der Waals surface area (Å²) in [6.07, 6.45) is 5.60. The van der Waals surface area contributed by atoms with Crippen LogP contribution in [0, 0.1) is 5.92 Å². The number of likely N-dealkylation sites (N-methyl/N-ethyl adjacent to an activating group) is 1. The van der Waals surface area contributed by atoms with Gasteiger partial charge < -0.3 is 5.32 Å². The van der Waals surface area contributed by atoms with Crippen molar-refractivity contribution < 1.29 is 9.59 Å². The van der Waals surface area contributed by atoms with Gasteiger partial charge >= 0.3 is 0 Å². The normalized spacial score (nSPS) is 22.4. The first-order chi connectivity index (χ1) is 14.1. The van der Waals surface area contributed by atoms with Crippen molar-refractivity contribution in [3.8, 4) is 0 Å². The Morgan fingerprint density at radius 3 is 2.83 bits per heavy atom. The molecular formula is C20H19N7O2. The third-order valence-electron chi connectivity index (χ3n) is 5.48. The summed E-state index contributed by atoms with van der Waals surface area (Å²) in [5.74, 6) is 0.115. The van der Waals surface area contributed by atoms with Gasteiger partial charge in [-0.25, -0.2) is 9.67 Å². The SMILES string of the molecule is CN1C(=O)C(NC(=O)c2cn(Cc3ccccc3)nn2)[C@H]2CC2c2nccnc21. The molecule has 9 heteroatoms. The van der Waals surface area contributed by atoms with Gasteiger partial charge in [-0.2, -0.15) is 0 Å². The van der Waals surface area contributed by atoms with Gasteiger partial charge in [0, 0.05) is 25.4 Å². The predicted molar refractivity (Wildman–Crippen MR) is 103 cm³/mol. The number of amides is 2. The number of carbonyl (C=O) groups is 2. The molecule has 2 unspecified atom stereocenters. The molecular weight excluding hydrogens is 370 g/mol. The smallest absolute Gasteiger partial charge is 0.274 e. The molecule has 2 aliphatic rings. The fourth-order valence-electron chi connectivity index (χ4n) is 3.89. The van der Waals surface area contributed by atoms with Gasteiger partial charge in [0.05, 0.1) is 18.4 Å². The maximum Gasteiger partial charge on any atom is 0.274 e. The highest BCUT2D eigenvalue weighted by Crippen LogP contribution is 2.53. The number of nitrogens with zero attached hydrogens (tertiary/aromatic N) is 6. The predicted octanol–water partition coefficient (Wildman–Crippen LogP) is 0.995.